The van der Waals surface area contributed by atoms with Crippen molar-refractivity contribution in [2.45, 2.75) is 39.0 Å². The Bertz CT molecular complexity index is 1300. The van der Waals surface area contributed by atoms with Gasteiger partial charge in [0.2, 0.25) is 0 Å². The number of imide groups is 1. The van der Waals surface area contributed by atoms with Crippen LogP contribution in [0.2, 0.25) is 0 Å². The molecule has 3 amide bonds. The highest BCUT2D eigenvalue weighted by molar-refractivity contribution is 14.1. The van der Waals surface area contributed by atoms with Crippen LogP contribution < -0.4 is 10.1 Å². The zero-order chi connectivity index (χ0) is 26.9. The van der Waals surface area contributed by atoms with Gasteiger partial charge in [-0.05, 0) is 71.3 Å². The molecule has 1 aliphatic heterocycles. The maximum Gasteiger partial charge on any atom is 0.325 e. The van der Waals surface area contributed by atoms with Crippen LogP contribution in [0.3, 0.4) is 0 Å². The molecular weight excluding hydrogens is 594 g/mol. The van der Waals surface area contributed by atoms with Crippen molar-refractivity contribution in [1.82, 2.24) is 20.2 Å². The number of aliphatic hydroxyl groups excluding tert-OH is 2. The smallest absolute Gasteiger partial charge is 0.325 e. The Morgan fingerprint density at radius 3 is 2.51 bits per heavy atom. The van der Waals surface area contributed by atoms with Gasteiger partial charge in [-0.2, -0.15) is 0 Å². The minimum absolute atomic E-state index is 0.0740. The molecule has 37 heavy (non-hydrogen) atoms. The highest BCUT2D eigenvalue weighted by Crippen LogP contribution is 2.36. The number of urea groups is 1. The predicted octanol–water partition coefficient (Wildman–Crippen LogP) is 3.85. The molecule has 11 heteroatoms. The summed E-state index contributed by atoms with van der Waals surface area (Å²) in [5, 5.41) is 21.1. The third kappa shape index (κ3) is 5.63. The van der Waals surface area contributed by atoms with Gasteiger partial charge in [0.1, 0.15) is 42.2 Å². The van der Waals surface area contributed by atoms with Gasteiger partial charge in [0, 0.05) is 14.8 Å². The number of ether oxygens (including phenoxy) is 1. The number of aromatic amines is 1. The number of carbonyl (C=O) groups excluding carboxylic acids is 2. The van der Waals surface area contributed by atoms with Crippen LogP contribution in [0.1, 0.15) is 43.0 Å². The molecule has 2 unspecified atom stereocenters. The number of nitrogens with one attached hydrogen (secondary N) is 2. The standard InChI is InChI=1S/C26H28FIN4O5/c1-13(2)23(24-29-14(3)21(30-24)19-9-6-16(28)10-20(19)27)32-25(35)22(31-26(32)36)15-4-7-18(8-5-15)37-12-17(34)11-33/h4-10,13,17,22-23,33-34H,11-12H2,1-3H3,(H,29,30)(H,31,36)/t17?,22?,23-/m0/s1. The van der Waals surface area contributed by atoms with E-state index in [1.54, 1.807) is 43.3 Å². The lowest BCUT2D eigenvalue weighted by molar-refractivity contribution is -0.130. The van der Waals surface area contributed by atoms with Crippen LogP contribution in [-0.2, 0) is 4.79 Å². The molecule has 2 aromatic carbocycles. The average molecular weight is 622 g/mol. The zero-order valence-corrected chi connectivity index (χ0v) is 22.7. The summed E-state index contributed by atoms with van der Waals surface area (Å²) in [7, 11) is 0. The molecule has 0 radical (unpaired) electrons. The van der Waals surface area contributed by atoms with Crippen LogP contribution in [0, 0.1) is 22.2 Å². The molecule has 1 aromatic heterocycles. The summed E-state index contributed by atoms with van der Waals surface area (Å²) in [5.41, 5.74) is 1.97. The summed E-state index contributed by atoms with van der Waals surface area (Å²) in [4.78, 5) is 35.5. The van der Waals surface area contributed by atoms with Gasteiger partial charge >= 0.3 is 6.03 Å². The zero-order valence-electron chi connectivity index (χ0n) is 20.5. The van der Waals surface area contributed by atoms with E-state index in [1.165, 1.54) is 11.0 Å². The van der Waals surface area contributed by atoms with E-state index in [0.717, 1.165) is 3.57 Å². The number of benzene rings is 2. The van der Waals surface area contributed by atoms with E-state index >= 15 is 0 Å². The molecule has 196 valence electrons. The van der Waals surface area contributed by atoms with Crippen LogP contribution in [-0.4, -0.2) is 56.3 Å². The largest absolute Gasteiger partial charge is 0.491 e. The third-order valence-corrected chi connectivity index (χ3v) is 6.79. The molecule has 3 atom stereocenters. The molecular formula is C26H28FIN4O5. The topological polar surface area (TPSA) is 128 Å². The Balaban J connectivity index is 1.59. The monoisotopic (exact) mass is 622 g/mol. The van der Waals surface area contributed by atoms with Gasteiger partial charge < -0.3 is 25.3 Å². The van der Waals surface area contributed by atoms with E-state index < -0.39 is 42.6 Å². The molecule has 0 spiro atoms. The number of imidazole rings is 1. The minimum Gasteiger partial charge on any atom is -0.491 e. The summed E-state index contributed by atoms with van der Waals surface area (Å²) in [6.07, 6.45) is -0.996. The van der Waals surface area contributed by atoms with Gasteiger partial charge in [-0.25, -0.2) is 14.2 Å². The minimum atomic E-state index is -0.996. The normalized spacial score (nSPS) is 17.3. The van der Waals surface area contributed by atoms with E-state index in [1.807, 2.05) is 36.4 Å². The lowest BCUT2D eigenvalue weighted by Gasteiger charge is -2.27. The molecule has 4 N–H and O–H groups in total. The van der Waals surface area contributed by atoms with E-state index in [-0.39, 0.29) is 12.5 Å². The number of nitrogens with zero attached hydrogens (tertiary/aromatic N) is 2. The number of aliphatic hydroxyl groups is 2. The second kappa shape index (κ2) is 11.2. The van der Waals surface area contributed by atoms with Crippen molar-refractivity contribution in [2.24, 2.45) is 5.92 Å². The quantitative estimate of drug-likeness (QED) is 0.212. The van der Waals surface area contributed by atoms with Crippen molar-refractivity contribution in [2.75, 3.05) is 13.2 Å². The average Bonchev–Trinajstić information content (AvgIpc) is 3.37. The number of amides is 3. The molecule has 0 saturated carbocycles. The third-order valence-electron chi connectivity index (χ3n) is 6.12. The Labute approximate surface area is 227 Å². The lowest BCUT2D eigenvalue weighted by atomic mass is 10.0. The second-order valence-corrected chi connectivity index (χ2v) is 10.5. The first-order chi connectivity index (χ1) is 17.6. The number of hydrogen-bond donors (Lipinski definition) is 4. The molecule has 1 saturated heterocycles. The van der Waals surface area contributed by atoms with Crippen LogP contribution in [0.15, 0.2) is 42.5 Å². The fraction of sp³-hybridized carbons (Fsp3) is 0.346. The Hall–Kier alpha value is -3.03. The maximum atomic E-state index is 14.7. The Kier molecular flexibility index (Phi) is 8.14. The maximum absolute atomic E-state index is 14.7. The number of halogens is 2. The molecule has 1 fully saturated rings. The predicted molar refractivity (Wildman–Crippen MR) is 142 cm³/mol. The molecule has 9 nitrogen and oxygen atoms in total. The van der Waals surface area contributed by atoms with E-state index in [4.69, 9.17) is 9.84 Å². The Morgan fingerprint density at radius 2 is 1.89 bits per heavy atom. The number of aryl methyl sites for hydroxylation is 1. The van der Waals surface area contributed by atoms with Crippen LogP contribution in [0.25, 0.3) is 11.3 Å². The van der Waals surface area contributed by atoms with Gasteiger partial charge in [0.05, 0.1) is 12.3 Å². The summed E-state index contributed by atoms with van der Waals surface area (Å²) in [5.74, 6) is -0.157. The second-order valence-electron chi connectivity index (χ2n) is 9.22. The summed E-state index contributed by atoms with van der Waals surface area (Å²) < 4.78 is 20.8. The van der Waals surface area contributed by atoms with Crippen molar-refractivity contribution in [3.63, 3.8) is 0 Å². The van der Waals surface area contributed by atoms with Gasteiger partial charge in [0.15, 0.2) is 0 Å². The number of rotatable bonds is 9. The fourth-order valence-corrected chi connectivity index (χ4v) is 4.74. The van der Waals surface area contributed by atoms with Crippen molar-refractivity contribution < 1.29 is 28.9 Å². The molecule has 0 bridgehead atoms. The first-order valence-corrected chi connectivity index (χ1v) is 12.9. The fourth-order valence-electron chi connectivity index (χ4n) is 4.29. The van der Waals surface area contributed by atoms with E-state index in [2.05, 4.69) is 15.3 Å². The lowest BCUT2D eigenvalue weighted by Crippen LogP contribution is -2.38. The first kappa shape index (κ1) is 27.0. The number of hydrogen-bond acceptors (Lipinski definition) is 6. The molecule has 3 aromatic rings. The summed E-state index contributed by atoms with van der Waals surface area (Å²) >= 11 is 2.04. The van der Waals surface area contributed by atoms with E-state index in [0.29, 0.717) is 34.1 Å². The van der Waals surface area contributed by atoms with Crippen LogP contribution >= 0.6 is 22.6 Å². The highest BCUT2D eigenvalue weighted by atomic mass is 127. The highest BCUT2D eigenvalue weighted by Gasteiger charge is 2.45. The van der Waals surface area contributed by atoms with Crippen molar-refractivity contribution in [3.8, 4) is 17.0 Å². The molecule has 0 aliphatic carbocycles. The van der Waals surface area contributed by atoms with E-state index in [9.17, 15) is 19.1 Å². The summed E-state index contributed by atoms with van der Waals surface area (Å²) in [6.45, 7) is 5.06. The SMILES string of the molecule is Cc1[nH]c([C@H](C(C)C)N2C(=O)NC(c3ccc(OCC(O)CO)cc3)C2=O)nc1-c1ccc(I)cc1F. The molecule has 1 aliphatic rings. The molecule has 2 heterocycles. The van der Waals surface area contributed by atoms with Gasteiger partial charge in [-0.1, -0.05) is 26.0 Å². The van der Waals surface area contributed by atoms with Gasteiger partial charge in [0.25, 0.3) is 5.91 Å². The van der Waals surface area contributed by atoms with Crippen LogP contribution in [0.5, 0.6) is 5.75 Å². The summed E-state index contributed by atoms with van der Waals surface area (Å²) in [6, 6.07) is 9.31. The van der Waals surface area contributed by atoms with Gasteiger partial charge in [-0.15, -0.1) is 0 Å². The van der Waals surface area contributed by atoms with Crippen LogP contribution in [0.4, 0.5) is 9.18 Å². The number of H-pyrrole nitrogens is 1. The molecule has 4 rings (SSSR count). The number of carbonyl (C=O) groups is 2. The van der Waals surface area contributed by atoms with Gasteiger partial charge in [-0.3, -0.25) is 9.69 Å². The van der Waals surface area contributed by atoms with Crippen molar-refractivity contribution in [1.29, 1.82) is 0 Å². The first-order valence-electron chi connectivity index (χ1n) is 11.8. The number of aromatic nitrogens is 2. The Morgan fingerprint density at radius 1 is 1.19 bits per heavy atom. The van der Waals surface area contributed by atoms with Crippen molar-refractivity contribution in [3.05, 3.63) is 68.9 Å². The van der Waals surface area contributed by atoms with Crippen molar-refractivity contribution >= 4 is 34.5 Å².